The summed E-state index contributed by atoms with van der Waals surface area (Å²) in [5.74, 6) is 0.0422. The lowest BCUT2D eigenvalue weighted by molar-refractivity contribution is -0.385. The Balaban J connectivity index is 2.06. The molecule has 0 aromatic heterocycles. The van der Waals surface area contributed by atoms with Gasteiger partial charge in [-0.05, 0) is 24.7 Å². The number of nitrogens with zero attached hydrogens (tertiary/aromatic N) is 1. The highest BCUT2D eigenvalue weighted by molar-refractivity contribution is 8.00. The number of carbonyl (C=O) groups excluding carboxylic acids is 1. The van der Waals surface area contributed by atoms with Gasteiger partial charge < -0.3 is 10.4 Å². The number of nitrogens with one attached hydrogen (secondary N) is 1. The molecule has 1 saturated heterocycles. The van der Waals surface area contributed by atoms with E-state index in [0.29, 0.717) is 11.8 Å². The average Bonchev–Trinajstić information content (AvgIpc) is 2.89. The number of aromatic hydroxyl groups is 1. The molecule has 0 saturated carbocycles. The van der Waals surface area contributed by atoms with Crippen LogP contribution in [0.15, 0.2) is 18.2 Å². The van der Waals surface area contributed by atoms with Gasteiger partial charge in [-0.3, -0.25) is 14.9 Å². The number of phenolic OH excluding ortho intramolecular Hbond substituents is 1. The molecular weight excluding hydrogens is 268 g/mol. The number of hydrogen-bond acceptors (Lipinski definition) is 5. The lowest BCUT2D eigenvalue weighted by Gasteiger charge is -2.10. The first-order valence-corrected chi connectivity index (χ1v) is 7.00. The fraction of sp³-hybridized carbons (Fsp3) is 0.417. The molecule has 1 heterocycles. The van der Waals surface area contributed by atoms with Gasteiger partial charge >= 0.3 is 5.69 Å². The van der Waals surface area contributed by atoms with Gasteiger partial charge in [0.25, 0.3) is 5.91 Å². The second-order valence-corrected chi connectivity index (χ2v) is 5.68. The van der Waals surface area contributed by atoms with E-state index in [9.17, 15) is 20.0 Å². The lowest BCUT2D eigenvalue weighted by atomic mass is 10.1. The Hall–Kier alpha value is -1.76. The monoisotopic (exact) mass is 282 g/mol. The van der Waals surface area contributed by atoms with Crippen LogP contribution in [-0.2, 0) is 0 Å². The maximum Gasteiger partial charge on any atom is 0.311 e. The van der Waals surface area contributed by atoms with Crippen molar-refractivity contribution in [1.29, 1.82) is 0 Å². The van der Waals surface area contributed by atoms with Crippen molar-refractivity contribution >= 4 is 23.4 Å². The van der Waals surface area contributed by atoms with E-state index in [1.807, 2.05) is 0 Å². The minimum Gasteiger partial charge on any atom is -0.502 e. The molecule has 1 fully saturated rings. The molecule has 0 aliphatic carbocycles. The molecule has 1 aliphatic rings. The van der Waals surface area contributed by atoms with Gasteiger partial charge in [0.15, 0.2) is 0 Å². The summed E-state index contributed by atoms with van der Waals surface area (Å²) in [6, 6.07) is 3.93. The molecule has 1 amide bonds. The number of benzene rings is 1. The number of para-hydroxylation sites is 1. The van der Waals surface area contributed by atoms with Crippen molar-refractivity contribution in [2.75, 3.05) is 12.3 Å². The Kier molecular flexibility index (Phi) is 4.26. The van der Waals surface area contributed by atoms with Crippen LogP contribution in [0.1, 0.15) is 23.2 Å². The summed E-state index contributed by atoms with van der Waals surface area (Å²) in [5, 5.41) is 23.5. The van der Waals surface area contributed by atoms with Crippen molar-refractivity contribution in [2.45, 2.75) is 18.1 Å². The van der Waals surface area contributed by atoms with Crippen LogP contribution in [-0.4, -0.2) is 33.5 Å². The average molecular weight is 282 g/mol. The molecule has 2 rings (SSSR count). The number of rotatable bonds is 4. The normalized spacial score (nSPS) is 18.2. The third-order valence-corrected chi connectivity index (χ3v) is 4.37. The van der Waals surface area contributed by atoms with Crippen LogP contribution in [0.3, 0.4) is 0 Å². The van der Waals surface area contributed by atoms with Crippen LogP contribution in [0.25, 0.3) is 0 Å². The van der Waals surface area contributed by atoms with E-state index in [-0.39, 0.29) is 5.56 Å². The molecule has 0 bridgehead atoms. The predicted octanol–water partition coefficient (Wildman–Crippen LogP) is 1.93. The number of phenols is 1. The predicted molar refractivity (Wildman–Crippen MR) is 72.6 cm³/mol. The van der Waals surface area contributed by atoms with Gasteiger partial charge in [0.1, 0.15) is 0 Å². The number of thioether (sulfide) groups is 1. The summed E-state index contributed by atoms with van der Waals surface area (Å²) in [6.45, 7) is 0.519. The number of nitro benzene ring substituents is 1. The Morgan fingerprint density at radius 1 is 1.58 bits per heavy atom. The summed E-state index contributed by atoms with van der Waals surface area (Å²) < 4.78 is 0. The van der Waals surface area contributed by atoms with Gasteiger partial charge in [-0.15, -0.1) is 0 Å². The molecule has 6 nitrogen and oxygen atoms in total. The Labute approximate surface area is 114 Å². The Morgan fingerprint density at radius 2 is 2.37 bits per heavy atom. The summed E-state index contributed by atoms with van der Waals surface area (Å²) in [6.07, 6.45) is 2.21. The molecule has 1 aromatic rings. The number of carbonyl (C=O) groups is 1. The Morgan fingerprint density at radius 3 is 3.00 bits per heavy atom. The second kappa shape index (κ2) is 5.92. The zero-order chi connectivity index (χ0) is 13.8. The summed E-state index contributed by atoms with van der Waals surface area (Å²) in [7, 11) is 0. The molecule has 1 aromatic carbocycles. The largest absolute Gasteiger partial charge is 0.502 e. The molecule has 1 aliphatic heterocycles. The van der Waals surface area contributed by atoms with Gasteiger partial charge in [-0.2, -0.15) is 11.8 Å². The third kappa shape index (κ3) is 3.17. The van der Waals surface area contributed by atoms with Crippen molar-refractivity contribution < 1.29 is 14.8 Å². The maximum atomic E-state index is 11.9. The van der Waals surface area contributed by atoms with Gasteiger partial charge in [0.05, 0.1) is 10.5 Å². The zero-order valence-electron chi connectivity index (χ0n) is 10.2. The smallest absolute Gasteiger partial charge is 0.311 e. The van der Waals surface area contributed by atoms with Crippen molar-refractivity contribution in [1.82, 2.24) is 5.32 Å². The zero-order valence-corrected chi connectivity index (χ0v) is 11.0. The summed E-state index contributed by atoms with van der Waals surface area (Å²) in [5.41, 5.74) is -0.514. The number of hydrogen-bond donors (Lipinski definition) is 2. The van der Waals surface area contributed by atoms with E-state index in [0.717, 1.165) is 18.6 Å². The Bertz CT molecular complexity index is 501. The minimum absolute atomic E-state index is 0.0582. The van der Waals surface area contributed by atoms with Gasteiger partial charge in [-0.25, -0.2) is 0 Å². The first kappa shape index (κ1) is 13.7. The molecular formula is C12H14N2O4S. The maximum absolute atomic E-state index is 11.9. The SMILES string of the molecule is O=C(NCC1CCCS1)c1cccc([N+](=O)[O-])c1O. The van der Waals surface area contributed by atoms with Crippen molar-refractivity contribution in [3.63, 3.8) is 0 Å². The molecule has 2 N–H and O–H groups in total. The first-order chi connectivity index (χ1) is 9.09. The van der Waals surface area contributed by atoms with E-state index < -0.39 is 22.3 Å². The summed E-state index contributed by atoms with van der Waals surface area (Å²) >= 11 is 1.81. The van der Waals surface area contributed by atoms with Crippen LogP contribution in [0.4, 0.5) is 5.69 Å². The molecule has 19 heavy (non-hydrogen) atoms. The van der Waals surface area contributed by atoms with E-state index in [1.165, 1.54) is 18.2 Å². The number of nitro groups is 1. The molecule has 7 heteroatoms. The topological polar surface area (TPSA) is 92.5 Å². The highest BCUT2D eigenvalue weighted by Crippen LogP contribution is 2.29. The first-order valence-electron chi connectivity index (χ1n) is 5.95. The molecule has 1 atom stereocenters. The fourth-order valence-corrected chi connectivity index (χ4v) is 3.17. The minimum atomic E-state index is -0.709. The second-order valence-electron chi connectivity index (χ2n) is 4.28. The van der Waals surface area contributed by atoms with E-state index in [2.05, 4.69) is 5.32 Å². The van der Waals surface area contributed by atoms with Crippen LogP contribution in [0.2, 0.25) is 0 Å². The molecule has 102 valence electrons. The van der Waals surface area contributed by atoms with E-state index >= 15 is 0 Å². The van der Waals surface area contributed by atoms with Gasteiger partial charge in [0.2, 0.25) is 5.75 Å². The highest BCUT2D eigenvalue weighted by atomic mass is 32.2. The van der Waals surface area contributed by atoms with Gasteiger partial charge in [-0.1, -0.05) is 6.07 Å². The van der Waals surface area contributed by atoms with Crippen LogP contribution in [0, 0.1) is 10.1 Å². The standard InChI is InChI=1S/C12H14N2O4S/c15-11-9(4-1-5-10(11)14(17)18)12(16)13-7-8-3-2-6-19-8/h1,4-5,8,15H,2-3,6-7H2,(H,13,16). The number of amides is 1. The highest BCUT2D eigenvalue weighted by Gasteiger charge is 2.22. The fourth-order valence-electron chi connectivity index (χ4n) is 1.97. The summed E-state index contributed by atoms with van der Waals surface area (Å²) in [4.78, 5) is 21.9. The van der Waals surface area contributed by atoms with E-state index in [1.54, 1.807) is 11.8 Å². The molecule has 1 unspecified atom stereocenters. The van der Waals surface area contributed by atoms with Crippen LogP contribution < -0.4 is 5.32 Å². The van der Waals surface area contributed by atoms with Crippen molar-refractivity contribution in [3.8, 4) is 5.75 Å². The molecule has 0 spiro atoms. The molecule has 0 radical (unpaired) electrons. The van der Waals surface area contributed by atoms with Crippen LogP contribution in [0.5, 0.6) is 5.75 Å². The lowest BCUT2D eigenvalue weighted by Crippen LogP contribution is -2.29. The van der Waals surface area contributed by atoms with Crippen molar-refractivity contribution in [3.05, 3.63) is 33.9 Å². The third-order valence-electron chi connectivity index (χ3n) is 2.97. The van der Waals surface area contributed by atoms with E-state index in [4.69, 9.17) is 0 Å². The van der Waals surface area contributed by atoms with Crippen molar-refractivity contribution in [2.24, 2.45) is 0 Å². The van der Waals surface area contributed by atoms with Crippen LogP contribution >= 0.6 is 11.8 Å². The van der Waals surface area contributed by atoms with Gasteiger partial charge in [0, 0.05) is 17.9 Å². The quantitative estimate of drug-likeness (QED) is 0.650.